The molecule has 1 unspecified atom stereocenters. The molecule has 2 aromatic rings. The van der Waals surface area contributed by atoms with E-state index in [9.17, 15) is 19.7 Å². The summed E-state index contributed by atoms with van der Waals surface area (Å²) in [5.74, 6) is -0.0115. The summed E-state index contributed by atoms with van der Waals surface area (Å²) in [6.07, 6.45) is -0.166. The molecule has 2 saturated carbocycles. The highest BCUT2D eigenvalue weighted by molar-refractivity contribution is 7.57. The number of hydrogen-bond donors (Lipinski definition) is 4. The fraction of sp³-hybridized carbons (Fsp3) is 0.615. The van der Waals surface area contributed by atoms with E-state index >= 15 is 0 Å². The second kappa shape index (κ2) is 4.89. The molecule has 0 saturated heterocycles. The van der Waals surface area contributed by atoms with Crippen molar-refractivity contribution in [3.05, 3.63) is 11.6 Å². The topological polar surface area (TPSA) is 147 Å². The Hall–Kier alpha value is -1.25. The normalized spacial score (nSPS) is 37.4. The molecule has 130 valence electrons. The molecule has 9 nitrogen and oxygen atoms in total. The number of hydrogen-bond acceptors (Lipinski definition) is 7. The van der Waals surface area contributed by atoms with Crippen molar-refractivity contribution in [3.63, 3.8) is 0 Å². The van der Waals surface area contributed by atoms with E-state index in [1.54, 1.807) is 4.57 Å². The molecule has 0 bridgehead atoms. The quantitative estimate of drug-likeness (QED) is 0.442. The number of nitrogens with zero attached hydrogens (tertiary/aromatic N) is 4. The SMILES string of the molecule is CP(=O)(O)C[C@]12C[C@@H]1[C@@H](n1cnc3c(N)nc(Cl)nc31)[C@H](O)[C@@H]2O. The lowest BCUT2D eigenvalue weighted by atomic mass is 10.0. The van der Waals surface area contributed by atoms with Gasteiger partial charge in [-0.15, -0.1) is 0 Å². The zero-order valence-corrected chi connectivity index (χ0v) is 14.4. The zero-order chi connectivity index (χ0) is 17.4. The van der Waals surface area contributed by atoms with E-state index in [-0.39, 0.29) is 23.2 Å². The minimum absolute atomic E-state index is 0.0239. The average molecular weight is 374 g/mol. The Balaban J connectivity index is 1.78. The van der Waals surface area contributed by atoms with Crippen molar-refractivity contribution >= 4 is 36.0 Å². The summed E-state index contributed by atoms with van der Waals surface area (Å²) in [5, 5.41) is 20.9. The van der Waals surface area contributed by atoms with Crippen LogP contribution in [0.3, 0.4) is 0 Å². The van der Waals surface area contributed by atoms with Crippen LogP contribution in [-0.4, -0.2) is 59.7 Å². The maximum Gasteiger partial charge on any atom is 0.226 e. The van der Waals surface area contributed by atoms with Gasteiger partial charge in [-0.3, -0.25) is 4.57 Å². The lowest BCUT2D eigenvalue weighted by Gasteiger charge is -2.24. The molecule has 2 aliphatic carbocycles. The van der Waals surface area contributed by atoms with Crippen LogP contribution < -0.4 is 5.73 Å². The highest BCUT2D eigenvalue weighted by atomic mass is 35.5. The average Bonchev–Trinajstić information content (AvgIpc) is 2.90. The third-order valence-corrected chi connectivity index (χ3v) is 6.53. The van der Waals surface area contributed by atoms with Crippen molar-refractivity contribution in [2.24, 2.45) is 11.3 Å². The van der Waals surface area contributed by atoms with Gasteiger partial charge in [0.2, 0.25) is 5.28 Å². The number of nitrogen functional groups attached to an aromatic ring is 1. The summed E-state index contributed by atoms with van der Waals surface area (Å²) in [5.41, 5.74) is 5.78. The van der Waals surface area contributed by atoms with Gasteiger partial charge < -0.3 is 25.4 Å². The van der Waals surface area contributed by atoms with Crippen LogP contribution in [0.4, 0.5) is 5.82 Å². The lowest BCUT2D eigenvalue weighted by molar-refractivity contribution is -0.0133. The van der Waals surface area contributed by atoms with E-state index in [1.165, 1.54) is 13.0 Å². The zero-order valence-electron chi connectivity index (χ0n) is 12.7. The number of aliphatic hydroxyl groups is 2. The van der Waals surface area contributed by atoms with Crippen molar-refractivity contribution in [3.8, 4) is 0 Å². The number of aromatic nitrogens is 4. The number of halogens is 1. The molecule has 5 N–H and O–H groups in total. The molecule has 2 fully saturated rings. The van der Waals surface area contributed by atoms with Crippen molar-refractivity contribution in [2.45, 2.75) is 24.7 Å². The molecule has 0 spiro atoms. The summed E-state index contributed by atoms with van der Waals surface area (Å²) >= 11 is 5.86. The van der Waals surface area contributed by atoms with E-state index in [1.807, 2.05) is 0 Å². The molecule has 0 amide bonds. The molecule has 0 radical (unpaired) electrons. The van der Waals surface area contributed by atoms with Crippen LogP contribution >= 0.6 is 19.0 Å². The molecule has 2 heterocycles. The molecular formula is C13H17ClN5O4P. The van der Waals surface area contributed by atoms with E-state index < -0.39 is 31.0 Å². The Morgan fingerprint density at radius 2 is 2.21 bits per heavy atom. The number of imidazole rings is 1. The Morgan fingerprint density at radius 1 is 1.50 bits per heavy atom. The molecule has 0 aliphatic heterocycles. The maximum atomic E-state index is 11.8. The van der Waals surface area contributed by atoms with Gasteiger partial charge in [-0.05, 0) is 23.9 Å². The predicted molar refractivity (Wildman–Crippen MR) is 87.0 cm³/mol. The Kier molecular flexibility index (Phi) is 3.31. The third kappa shape index (κ3) is 2.19. The minimum Gasteiger partial charge on any atom is -0.390 e. The van der Waals surface area contributed by atoms with Gasteiger partial charge in [0, 0.05) is 18.2 Å². The Bertz CT molecular complexity index is 885. The van der Waals surface area contributed by atoms with Gasteiger partial charge in [0.05, 0.1) is 18.5 Å². The first-order valence-corrected chi connectivity index (χ1v) is 10.1. The molecule has 4 rings (SSSR count). The first-order valence-electron chi connectivity index (χ1n) is 7.45. The number of aliphatic hydroxyl groups excluding tert-OH is 2. The fourth-order valence-corrected chi connectivity index (χ4v) is 6.04. The van der Waals surface area contributed by atoms with E-state index in [2.05, 4.69) is 15.0 Å². The monoisotopic (exact) mass is 373 g/mol. The van der Waals surface area contributed by atoms with Crippen LogP contribution in [0.15, 0.2) is 6.33 Å². The second-order valence-electron chi connectivity index (χ2n) is 6.88. The van der Waals surface area contributed by atoms with Crippen molar-refractivity contribution < 1.29 is 19.7 Å². The van der Waals surface area contributed by atoms with Crippen LogP contribution in [0.5, 0.6) is 0 Å². The van der Waals surface area contributed by atoms with Gasteiger partial charge in [0.1, 0.15) is 11.6 Å². The molecule has 0 aromatic carbocycles. The van der Waals surface area contributed by atoms with Gasteiger partial charge in [-0.2, -0.15) is 9.97 Å². The van der Waals surface area contributed by atoms with Crippen LogP contribution in [0.25, 0.3) is 11.2 Å². The standard InChI is InChI=1S/C13H17ClN5O4P/c1-24(22,23)3-13-2-5(13)7(8(20)9(13)21)19-4-16-6-10(15)17-12(14)18-11(6)19/h4-5,7-9,20-21H,2-3H2,1H3,(H,22,23)(H2,15,17,18)/t5-,7-,8+,9+,13-/m1/s1. The van der Waals surface area contributed by atoms with Gasteiger partial charge in [-0.1, -0.05) is 0 Å². The molecule has 2 aromatic heterocycles. The second-order valence-corrected chi connectivity index (χ2v) is 9.64. The van der Waals surface area contributed by atoms with Crippen molar-refractivity contribution in [2.75, 3.05) is 18.6 Å². The lowest BCUT2D eigenvalue weighted by Crippen LogP contribution is -2.35. The van der Waals surface area contributed by atoms with E-state index in [0.29, 0.717) is 17.6 Å². The van der Waals surface area contributed by atoms with Crippen LogP contribution in [0.1, 0.15) is 12.5 Å². The third-order valence-electron chi connectivity index (χ3n) is 5.18. The largest absolute Gasteiger partial charge is 0.390 e. The molecular weight excluding hydrogens is 357 g/mol. The molecule has 2 aliphatic rings. The summed E-state index contributed by atoms with van der Waals surface area (Å²) in [7, 11) is -3.33. The first kappa shape index (κ1) is 16.2. The van der Waals surface area contributed by atoms with E-state index in [4.69, 9.17) is 17.3 Å². The fourth-order valence-electron chi connectivity index (χ4n) is 4.23. The van der Waals surface area contributed by atoms with Crippen LogP contribution in [0.2, 0.25) is 5.28 Å². The number of anilines is 1. The number of fused-ring (bicyclic) bond motifs is 2. The summed E-state index contributed by atoms with van der Waals surface area (Å²) in [6, 6.07) is -0.512. The smallest absolute Gasteiger partial charge is 0.226 e. The van der Waals surface area contributed by atoms with Gasteiger partial charge >= 0.3 is 0 Å². The summed E-state index contributed by atoms with van der Waals surface area (Å²) < 4.78 is 13.5. The molecule has 24 heavy (non-hydrogen) atoms. The number of nitrogens with two attached hydrogens (primary N) is 1. The van der Waals surface area contributed by atoms with Gasteiger partial charge in [0.25, 0.3) is 0 Å². The highest BCUT2D eigenvalue weighted by Gasteiger charge is 2.72. The molecule has 6 atom stereocenters. The summed E-state index contributed by atoms with van der Waals surface area (Å²) in [4.78, 5) is 21.9. The van der Waals surface area contributed by atoms with Gasteiger partial charge in [0.15, 0.2) is 18.8 Å². The minimum atomic E-state index is -3.33. The Labute approximate surface area is 142 Å². The number of rotatable bonds is 3. The van der Waals surface area contributed by atoms with E-state index in [0.717, 1.165) is 0 Å². The highest BCUT2D eigenvalue weighted by Crippen LogP contribution is 2.71. The first-order chi connectivity index (χ1) is 11.1. The summed E-state index contributed by atoms with van der Waals surface area (Å²) in [6.45, 7) is 1.27. The maximum absolute atomic E-state index is 11.8. The predicted octanol–water partition coefficient (Wildman–Crippen LogP) is 0.245. The van der Waals surface area contributed by atoms with Crippen molar-refractivity contribution in [1.82, 2.24) is 19.5 Å². The molecule has 11 heteroatoms. The van der Waals surface area contributed by atoms with Crippen LogP contribution in [0, 0.1) is 11.3 Å². The van der Waals surface area contributed by atoms with Crippen LogP contribution in [-0.2, 0) is 4.57 Å². The Morgan fingerprint density at radius 3 is 2.88 bits per heavy atom. The van der Waals surface area contributed by atoms with Crippen molar-refractivity contribution in [1.29, 1.82) is 0 Å². The van der Waals surface area contributed by atoms with Gasteiger partial charge in [-0.25, -0.2) is 4.98 Å².